The fraction of sp³-hybridized carbons (Fsp3) is 0.562. The highest BCUT2D eigenvalue weighted by atomic mass is 16.5. The highest BCUT2D eigenvalue weighted by Gasteiger charge is 1.95. The molecule has 3 nitrogen and oxygen atoms in total. The van der Waals surface area contributed by atoms with Gasteiger partial charge in [0, 0.05) is 13.5 Å². The molecule has 0 saturated carbocycles. The summed E-state index contributed by atoms with van der Waals surface area (Å²) >= 11 is 0. The van der Waals surface area contributed by atoms with Gasteiger partial charge in [-0.2, -0.15) is 0 Å². The molecule has 0 spiro atoms. The molecule has 1 aromatic carbocycles. The van der Waals surface area contributed by atoms with Gasteiger partial charge < -0.3 is 15.3 Å². The first-order chi connectivity index (χ1) is 9.24. The van der Waals surface area contributed by atoms with Crippen LogP contribution in [0.25, 0.3) is 0 Å². The van der Waals surface area contributed by atoms with E-state index in [4.69, 9.17) is 10.5 Å². The van der Waals surface area contributed by atoms with E-state index < -0.39 is 0 Å². The number of benzene rings is 1. The normalized spacial score (nSPS) is 10.4. The van der Waals surface area contributed by atoms with Crippen molar-refractivity contribution in [1.82, 2.24) is 0 Å². The molecule has 1 atom stereocenters. The largest absolute Gasteiger partial charge is 0.380 e. The average molecular weight is 267 g/mol. The van der Waals surface area contributed by atoms with Crippen LogP contribution < -0.4 is 5.73 Å². The minimum atomic E-state index is 0.500. The summed E-state index contributed by atoms with van der Waals surface area (Å²) in [6.07, 6.45) is 2.52. The van der Waals surface area contributed by atoms with Crippen LogP contribution in [0.1, 0.15) is 39.2 Å². The Labute approximate surface area is 118 Å². The van der Waals surface area contributed by atoms with Crippen LogP contribution in [-0.4, -0.2) is 19.9 Å². The summed E-state index contributed by atoms with van der Waals surface area (Å²) in [6.45, 7) is 7.44. The maximum absolute atomic E-state index is 9.78. The number of nitrogens with two attached hydrogens (primary N) is 1. The molecule has 2 N–H and O–H groups in total. The predicted octanol–water partition coefficient (Wildman–Crippen LogP) is 3.42. The van der Waals surface area contributed by atoms with E-state index in [0.29, 0.717) is 25.5 Å². The van der Waals surface area contributed by atoms with Gasteiger partial charge in [-0.05, 0) is 24.4 Å². The number of carbonyl (C=O) groups excluding carboxylic acids is 1. The molecule has 0 fully saturated rings. The van der Waals surface area contributed by atoms with Crippen LogP contribution in [0.5, 0.6) is 0 Å². The number of rotatable bonds is 6. The highest BCUT2D eigenvalue weighted by Crippen LogP contribution is 1.99. The second-order valence-corrected chi connectivity index (χ2v) is 4.00. The van der Waals surface area contributed by atoms with Crippen LogP contribution >= 0.6 is 0 Å². The molecule has 0 aliphatic rings. The van der Waals surface area contributed by atoms with Crippen molar-refractivity contribution in [3.8, 4) is 0 Å². The molecule has 0 aliphatic carbocycles. The number of aldehydes is 1. The van der Waals surface area contributed by atoms with Crippen LogP contribution in [0.2, 0.25) is 0 Å². The minimum Gasteiger partial charge on any atom is -0.380 e. The zero-order valence-electron chi connectivity index (χ0n) is 12.8. The zero-order valence-corrected chi connectivity index (χ0v) is 12.8. The van der Waals surface area contributed by atoms with Crippen LogP contribution in [0.3, 0.4) is 0 Å². The van der Waals surface area contributed by atoms with Crippen molar-refractivity contribution >= 4 is 6.29 Å². The van der Waals surface area contributed by atoms with Gasteiger partial charge in [-0.3, -0.25) is 0 Å². The van der Waals surface area contributed by atoms with E-state index in [0.717, 1.165) is 12.7 Å². The SMILES string of the molecule is CC.COCc1ccccc1.C[C@H](CN)CCC=O. The number of ether oxygens (including phenoxy) is 1. The highest BCUT2D eigenvalue weighted by molar-refractivity contribution is 5.49. The molecule has 0 aliphatic heterocycles. The van der Waals surface area contributed by atoms with Crippen molar-refractivity contribution in [3.63, 3.8) is 0 Å². The van der Waals surface area contributed by atoms with Gasteiger partial charge in [0.15, 0.2) is 0 Å². The van der Waals surface area contributed by atoms with E-state index >= 15 is 0 Å². The fourth-order valence-corrected chi connectivity index (χ4v) is 1.21. The zero-order chi connectivity index (χ0) is 14.9. The van der Waals surface area contributed by atoms with Gasteiger partial charge in [0.05, 0.1) is 6.61 Å². The predicted molar refractivity (Wildman–Crippen MR) is 82.0 cm³/mol. The molecule has 0 bridgehead atoms. The lowest BCUT2D eigenvalue weighted by Gasteiger charge is -2.02. The van der Waals surface area contributed by atoms with E-state index in [-0.39, 0.29) is 0 Å². The quantitative estimate of drug-likeness (QED) is 0.803. The minimum absolute atomic E-state index is 0.500. The Hall–Kier alpha value is -1.19. The molecule has 0 amide bonds. The second-order valence-electron chi connectivity index (χ2n) is 4.00. The lowest BCUT2D eigenvalue weighted by Crippen LogP contribution is -2.10. The summed E-state index contributed by atoms with van der Waals surface area (Å²) in [6, 6.07) is 10.1. The van der Waals surface area contributed by atoms with E-state index in [1.54, 1.807) is 7.11 Å². The standard InChI is InChI=1S/C8H10O.C6H13NO.C2H6/c1-9-7-8-5-3-2-4-6-8;1-6(5-7)3-2-4-8;1-2/h2-6H,7H2,1H3;4,6H,2-3,5,7H2,1H3;1-2H3/t;6-;/m.0./s1. The van der Waals surface area contributed by atoms with Crippen LogP contribution in [-0.2, 0) is 16.1 Å². The molecule has 1 aromatic rings. The third-order valence-corrected chi connectivity index (χ3v) is 2.33. The van der Waals surface area contributed by atoms with E-state index in [1.165, 1.54) is 5.56 Å². The van der Waals surface area contributed by atoms with Gasteiger partial charge in [0.25, 0.3) is 0 Å². The molecule has 19 heavy (non-hydrogen) atoms. The summed E-state index contributed by atoms with van der Waals surface area (Å²) in [5.74, 6) is 0.500. The maximum Gasteiger partial charge on any atom is 0.120 e. The molecule has 1 rings (SSSR count). The molecular weight excluding hydrogens is 238 g/mol. The maximum atomic E-state index is 9.78. The van der Waals surface area contributed by atoms with Gasteiger partial charge in [-0.25, -0.2) is 0 Å². The lowest BCUT2D eigenvalue weighted by molar-refractivity contribution is -0.108. The molecule has 0 heterocycles. The first kappa shape index (κ1) is 20.1. The van der Waals surface area contributed by atoms with Gasteiger partial charge in [-0.15, -0.1) is 0 Å². The smallest absolute Gasteiger partial charge is 0.120 e. The Morgan fingerprint density at radius 1 is 1.26 bits per heavy atom. The lowest BCUT2D eigenvalue weighted by atomic mass is 10.1. The van der Waals surface area contributed by atoms with Crippen molar-refractivity contribution < 1.29 is 9.53 Å². The molecular formula is C16H29NO2. The molecule has 0 aromatic heterocycles. The molecule has 0 radical (unpaired) electrons. The topological polar surface area (TPSA) is 52.3 Å². The van der Waals surface area contributed by atoms with Crippen LogP contribution in [0.15, 0.2) is 30.3 Å². The molecule has 0 saturated heterocycles. The Bertz CT molecular complexity index is 275. The van der Waals surface area contributed by atoms with Crippen LogP contribution in [0.4, 0.5) is 0 Å². The number of hydrogen-bond acceptors (Lipinski definition) is 3. The third-order valence-electron chi connectivity index (χ3n) is 2.33. The summed E-state index contributed by atoms with van der Waals surface area (Å²) in [5.41, 5.74) is 6.52. The van der Waals surface area contributed by atoms with Gasteiger partial charge in [-0.1, -0.05) is 51.1 Å². The Morgan fingerprint density at radius 2 is 1.84 bits per heavy atom. The second kappa shape index (κ2) is 16.8. The van der Waals surface area contributed by atoms with Crippen molar-refractivity contribution in [2.24, 2.45) is 11.7 Å². The summed E-state index contributed by atoms with van der Waals surface area (Å²) < 4.78 is 4.93. The Morgan fingerprint density at radius 3 is 2.26 bits per heavy atom. The molecule has 110 valence electrons. The summed E-state index contributed by atoms with van der Waals surface area (Å²) in [7, 11) is 1.70. The number of methoxy groups -OCH3 is 1. The first-order valence-electron chi connectivity index (χ1n) is 6.91. The van der Waals surface area contributed by atoms with E-state index in [1.807, 2.05) is 51.1 Å². The van der Waals surface area contributed by atoms with Gasteiger partial charge >= 0.3 is 0 Å². The van der Waals surface area contributed by atoms with Gasteiger partial charge in [0.2, 0.25) is 0 Å². The average Bonchev–Trinajstić information content (AvgIpc) is 2.49. The van der Waals surface area contributed by atoms with Crippen molar-refractivity contribution in [2.45, 2.75) is 40.2 Å². The number of hydrogen-bond donors (Lipinski definition) is 1. The number of carbonyl (C=O) groups is 1. The summed E-state index contributed by atoms with van der Waals surface area (Å²) in [5, 5.41) is 0. The van der Waals surface area contributed by atoms with E-state index in [2.05, 4.69) is 0 Å². The fourth-order valence-electron chi connectivity index (χ4n) is 1.21. The molecule has 3 heteroatoms. The third kappa shape index (κ3) is 14.8. The van der Waals surface area contributed by atoms with Crippen molar-refractivity contribution in [1.29, 1.82) is 0 Å². The molecule has 0 unspecified atom stereocenters. The first-order valence-corrected chi connectivity index (χ1v) is 6.91. The Kier molecular flexibility index (Phi) is 17.8. The summed E-state index contributed by atoms with van der Waals surface area (Å²) in [4.78, 5) is 9.78. The van der Waals surface area contributed by atoms with Crippen LogP contribution in [0, 0.1) is 5.92 Å². The van der Waals surface area contributed by atoms with Crippen molar-refractivity contribution in [2.75, 3.05) is 13.7 Å². The monoisotopic (exact) mass is 267 g/mol. The van der Waals surface area contributed by atoms with Gasteiger partial charge in [0.1, 0.15) is 6.29 Å². The Balaban J connectivity index is 0. The van der Waals surface area contributed by atoms with Crippen molar-refractivity contribution in [3.05, 3.63) is 35.9 Å². The van der Waals surface area contributed by atoms with E-state index in [9.17, 15) is 4.79 Å².